The van der Waals surface area contributed by atoms with E-state index in [0.29, 0.717) is 0 Å². The number of rotatable bonds is 9. The number of hydrogen-bond donors (Lipinski definition) is 1. The van der Waals surface area contributed by atoms with Crippen molar-refractivity contribution in [3.05, 3.63) is 29.8 Å². The summed E-state index contributed by atoms with van der Waals surface area (Å²) < 4.78 is 0. The van der Waals surface area contributed by atoms with Gasteiger partial charge in [0.15, 0.2) is 0 Å². The van der Waals surface area contributed by atoms with Crippen LogP contribution in [0.3, 0.4) is 0 Å². The second-order valence-corrected chi connectivity index (χ2v) is 5.02. The molecule has 0 spiro atoms. The minimum Gasteiger partial charge on any atom is -0.399 e. The van der Waals surface area contributed by atoms with Gasteiger partial charge in [-0.05, 0) is 37.2 Å². The van der Waals surface area contributed by atoms with Crippen LogP contribution in [0.5, 0.6) is 0 Å². The number of nitrogens with zero attached hydrogens (tertiary/aromatic N) is 1. The van der Waals surface area contributed by atoms with E-state index >= 15 is 0 Å². The minimum atomic E-state index is 0.848. The molecule has 0 saturated carbocycles. The molecule has 0 atom stereocenters. The Balaban J connectivity index is 2.26. The summed E-state index contributed by atoms with van der Waals surface area (Å²) in [5, 5.41) is 0. The molecule has 102 valence electrons. The fourth-order valence-corrected chi connectivity index (χ4v) is 2.17. The molecule has 0 aliphatic heterocycles. The lowest BCUT2D eigenvalue weighted by atomic mass is 10.1. The Labute approximate surface area is 112 Å². The molecule has 0 aliphatic rings. The topological polar surface area (TPSA) is 29.3 Å². The Kier molecular flexibility index (Phi) is 7.51. The summed E-state index contributed by atoms with van der Waals surface area (Å²) in [5.74, 6) is 0. The Morgan fingerprint density at radius 3 is 2.22 bits per heavy atom. The van der Waals surface area contributed by atoms with E-state index in [1.807, 2.05) is 12.1 Å². The van der Waals surface area contributed by atoms with E-state index in [1.165, 1.54) is 44.2 Å². The van der Waals surface area contributed by atoms with Crippen molar-refractivity contribution in [1.29, 1.82) is 0 Å². The van der Waals surface area contributed by atoms with Gasteiger partial charge in [0.25, 0.3) is 0 Å². The van der Waals surface area contributed by atoms with Crippen LogP contribution in [0.1, 0.15) is 51.5 Å². The van der Waals surface area contributed by atoms with Crippen molar-refractivity contribution in [3.8, 4) is 0 Å². The predicted octanol–water partition coefficient (Wildman–Crippen LogP) is 4.06. The first kappa shape index (κ1) is 15.0. The number of hydrogen-bond acceptors (Lipinski definition) is 2. The van der Waals surface area contributed by atoms with E-state index in [4.69, 9.17) is 5.73 Å². The lowest BCUT2D eigenvalue weighted by Gasteiger charge is -2.20. The third-order valence-corrected chi connectivity index (χ3v) is 3.41. The van der Waals surface area contributed by atoms with E-state index in [0.717, 1.165) is 18.8 Å². The Morgan fingerprint density at radius 1 is 0.944 bits per heavy atom. The third-order valence-electron chi connectivity index (χ3n) is 3.41. The maximum absolute atomic E-state index is 5.70. The molecule has 18 heavy (non-hydrogen) atoms. The van der Waals surface area contributed by atoms with E-state index in [-0.39, 0.29) is 0 Å². The van der Waals surface area contributed by atoms with Crippen LogP contribution in [0.15, 0.2) is 24.3 Å². The molecule has 0 fully saturated rings. The van der Waals surface area contributed by atoms with Gasteiger partial charge in [-0.3, -0.25) is 4.90 Å². The summed E-state index contributed by atoms with van der Waals surface area (Å²) in [6.07, 6.45) is 6.78. The zero-order valence-corrected chi connectivity index (χ0v) is 12.0. The molecule has 1 aromatic rings. The highest BCUT2D eigenvalue weighted by molar-refractivity contribution is 5.39. The Morgan fingerprint density at radius 2 is 1.61 bits per heavy atom. The molecule has 0 saturated heterocycles. The van der Waals surface area contributed by atoms with E-state index in [1.54, 1.807) is 0 Å². The van der Waals surface area contributed by atoms with Crippen LogP contribution in [0, 0.1) is 0 Å². The number of unbranched alkanes of at least 4 members (excludes halogenated alkanes) is 4. The van der Waals surface area contributed by atoms with Crippen LogP contribution < -0.4 is 5.73 Å². The lowest BCUT2D eigenvalue weighted by Crippen LogP contribution is -2.24. The lowest BCUT2D eigenvalue weighted by molar-refractivity contribution is 0.272. The second kappa shape index (κ2) is 8.98. The number of anilines is 1. The molecule has 0 amide bonds. The van der Waals surface area contributed by atoms with Crippen LogP contribution in [0.2, 0.25) is 0 Å². The first-order valence-electron chi connectivity index (χ1n) is 7.33. The zero-order valence-electron chi connectivity index (χ0n) is 12.0. The highest BCUT2D eigenvalue weighted by Gasteiger charge is 2.03. The van der Waals surface area contributed by atoms with Gasteiger partial charge in [-0.1, -0.05) is 51.7 Å². The highest BCUT2D eigenvalue weighted by Crippen LogP contribution is 2.10. The quantitative estimate of drug-likeness (QED) is 0.527. The maximum Gasteiger partial charge on any atom is 0.0314 e. The van der Waals surface area contributed by atoms with Gasteiger partial charge in [0.05, 0.1) is 0 Å². The van der Waals surface area contributed by atoms with Crippen molar-refractivity contribution >= 4 is 5.69 Å². The largest absolute Gasteiger partial charge is 0.399 e. The maximum atomic E-state index is 5.70. The van der Waals surface area contributed by atoms with Gasteiger partial charge >= 0.3 is 0 Å². The average molecular weight is 248 g/mol. The fraction of sp³-hybridized carbons (Fsp3) is 0.625. The first-order valence-corrected chi connectivity index (χ1v) is 7.33. The number of benzene rings is 1. The van der Waals surface area contributed by atoms with Crippen LogP contribution in [-0.4, -0.2) is 18.0 Å². The predicted molar refractivity (Wildman–Crippen MR) is 80.6 cm³/mol. The summed E-state index contributed by atoms with van der Waals surface area (Å²) in [6.45, 7) is 7.89. The van der Waals surface area contributed by atoms with Gasteiger partial charge in [-0.2, -0.15) is 0 Å². The van der Waals surface area contributed by atoms with Crippen molar-refractivity contribution < 1.29 is 0 Å². The van der Waals surface area contributed by atoms with Crippen molar-refractivity contribution in [2.45, 2.75) is 52.5 Å². The molecular weight excluding hydrogens is 220 g/mol. The summed E-state index contributed by atoms with van der Waals surface area (Å²) in [6, 6.07) is 8.25. The molecule has 0 aromatic heterocycles. The van der Waals surface area contributed by atoms with Gasteiger partial charge < -0.3 is 5.73 Å². The van der Waals surface area contributed by atoms with E-state index in [9.17, 15) is 0 Å². The summed E-state index contributed by atoms with van der Waals surface area (Å²) in [5.41, 5.74) is 7.91. The van der Waals surface area contributed by atoms with Crippen LogP contribution in [0.4, 0.5) is 5.69 Å². The molecule has 0 aliphatic carbocycles. The molecule has 1 aromatic carbocycles. The van der Waals surface area contributed by atoms with Crippen LogP contribution in [0.25, 0.3) is 0 Å². The molecule has 0 radical (unpaired) electrons. The molecule has 1 rings (SSSR count). The second-order valence-electron chi connectivity index (χ2n) is 5.02. The van der Waals surface area contributed by atoms with Gasteiger partial charge in [0, 0.05) is 12.2 Å². The van der Waals surface area contributed by atoms with Gasteiger partial charge in [0.2, 0.25) is 0 Å². The average Bonchev–Trinajstić information content (AvgIpc) is 2.39. The highest BCUT2D eigenvalue weighted by atomic mass is 15.1. The zero-order chi connectivity index (χ0) is 13.2. The number of nitrogens with two attached hydrogens (primary N) is 1. The Hall–Kier alpha value is -1.02. The van der Waals surface area contributed by atoms with E-state index < -0.39 is 0 Å². The van der Waals surface area contributed by atoms with Gasteiger partial charge in [0.1, 0.15) is 0 Å². The summed E-state index contributed by atoms with van der Waals surface area (Å²) in [7, 11) is 0. The van der Waals surface area contributed by atoms with Gasteiger partial charge in [-0.25, -0.2) is 0 Å². The fourth-order valence-electron chi connectivity index (χ4n) is 2.17. The molecule has 2 nitrogen and oxygen atoms in total. The van der Waals surface area contributed by atoms with E-state index in [2.05, 4.69) is 30.9 Å². The van der Waals surface area contributed by atoms with Crippen molar-refractivity contribution in [2.24, 2.45) is 0 Å². The molecular formula is C16H28N2. The molecule has 0 unspecified atom stereocenters. The van der Waals surface area contributed by atoms with Crippen molar-refractivity contribution in [2.75, 3.05) is 18.8 Å². The number of nitrogen functional groups attached to an aromatic ring is 1. The third kappa shape index (κ3) is 6.06. The van der Waals surface area contributed by atoms with Crippen molar-refractivity contribution in [3.63, 3.8) is 0 Å². The Bertz CT molecular complexity index is 305. The normalized spacial score (nSPS) is 11.1. The molecule has 2 N–H and O–H groups in total. The summed E-state index contributed by atoms with van der Waals surface area (Å²) >= 11 is 0. The first-order chi connectivity index (χ1) is 8.76. The van der Waals surface area contributed by atoms with Crippen molar-refractivity contribution in [1.82, 2.24) is 4.90 Å². The van der Waals surface area contributed by atoms with Crippen LogP contribution in [-0.2, 0) is 6.54 Å². The monoisotopic (exact) mass is 248 g/mol. The summed E-state index contributed by atoms with van der Waals surface area (Å²) in [4.78, 5) is 2.51. The SMILES string of the molecule is CCCCCCCN(CC)Cc1ccc(N)cc1. The molecule has 0 bridgehead atoms. The van der Waals surface area contributed by atoms with Gasteiger partial charge in [-0.15, -0.1) is 0 Å². The molecule has 2 heteroatoms. The standard InChI is InChI=1S/C16H28N2/c1-3-5-6-7-8-13-18(4-2)14-15-9-11-16(17)12-10-15/h9-12H,3-8,13-14,17H2,1-2H3. The smallest absolute Gasteiger partial charge is 0.0314 e. The van der Waals surface area contributed by atoms with Crippen LogP contribution >= 0.6 is 0 Å². The molecule has 0 heterocycles. The minimum absolute atomic E-state index is 0.848.